The second kappa shape index (κ2) is 18.5. The highest BCUT2D eigenvalue weighted by atomic mass is 16.7. The molecule has 0 saturated carbocycles. The van der Waals surface area contributed by atoms with Crippen LogP contribution in [0.1, 0.15) is 84.0 Å². The van der Waals surface area contributed by atoms with Crippen molar-refractivity contribution < 1.29 is 34.7 Å². The number of hydrogen-bond acceptors (Lipinski definition) is 7. The summed E-state index contributed by atoms with van der Waals surface area (Å²) in [5.41, 5.74) is 0. The van der Waals surface area contributed by atoms with Gasteiger partial charge in [0.2, 0.25) is 0 Å². The van der Waals surface area contributed by atoms with E-state index in [0.29, 0.717) is 6.54 Å². The van der Waals surface area contributed by atoms with E-state index in [-0.39, 0.29) is 19.2 Å². The molecule has 0 aliphatic carbocycles. The van der Waals surface area contributed by atoms with Crippen molar-refractivity contribution in [2.24, 2.45) is 0 Å². The third-order valence-electron chi connectivity index (χ3n) is 5.83. The maximum atomic E-state index is 11.8. The van der Waals surface area contributed by atoms with Crippen molar-refractivity contribution in [1.29, 1.82) is 0 Å². The van der Waals surface area contributed by atoms with E-state index in [1.54, 1.807) is 0 Å². The average Bonchev–Trinajstić information content (AvgIpc) is 2.79. The number of rotatable bonds is 18. The van der Waals surface area contributed by atoms with Crippen LogP contribution in [-0.2, 0) is 9.47 Å². The van der Waals surface area contributed by atoms with E-state index >= 15 is 0 Å². The Morgan fingerprint density at radius 1 is 0.781 bits per heavy atom. The summed E-state index contributed by atoms with van der Waals surface area (Å²) in [6, 6.07) is -0.287. The second-order valence-corrected chi connectivity index (χ2v) is 8.64. The van der Waals surface area contributed by atoms with Gasteiger partial charge in [0.1, 0.15) is 24.4 Å². The molecule has 0 aromatic heterocycles. The van der Waals surface area contributed by atoms with Crippen molar-refractivity contribution in [3.8, 4) is 0 Å². The number of unbranched alkanes of at least 4 members (excludes halogenated alkanes) is 11. The Morgan fingerprint density at radius 3 is 1.88 bits per heavy atom. The zero-order valence-corrected chi connectivity index (χ0v) is 19.7. The monoisotopic (exact) mass is 462 g/mol. The van der Waals surface area contributed by atoms with Gasteiger partial charge in [-0.25, -0.2) is 4.79 Å². The van der Waals surface area contributed by atoms with Gasteiger partial charge >= 0.3 is 6.03 Å². The predicted octanol–water partition coefficient (Wildman–Crippen LogP) is 1.80. The van der Waals surface area contributed by atoms with Crippen LogP contribution in [-0.4, -0.2) is 83.5 Å². The van der Waals surface area contributed by atoms with Crippen LogP contribution < -0.4 is 10.6 Å². The van der Waals surface area contributed by atoms with Crippen LogP contribution in [0.3, 0.4) is 0 Å². The van der Waals surface area contributed by atoms with E-state index in [1.165, 1.54) is 64.2 Å². The third-order valence-corrected chi connectivity index (χ3v) is 5.83. The van der Waals surface area contributed by atoms with Crippen LogP contribution in [0, 0.1) is 0 Å². The lowest BCUT2D eigenvalue weighted by molar-refractivity contribution is -0.300. The SMILES string of the molecule is CCCCCCCCCCCCCCNC(=O)NCCO[C@@H]1O[C@H](CO)[C@H](O)[C@H](O)[C@H]1O. The van der Waals surface area contributed by atoms with Gasteiger partial charge in [0.25, 0.3) is 0 Å². The Kier molecular flexibility index (Phi) is 16.8. The fourth-order valence-corrected chi connectivity index (χ4v) is 3.78. The highest BCUT2D eigenvalue weighted by molar-refractivity contribution is 5.73. The summed E-state index contributed by atoms with van der Waals surface area (Å²) >= 11 is 0. The summed E-state index contributed by atoms with van der Waals surface area (Å²) < 4.78 is 10.6. The lowest BCUT2D eigenvalue weighted by Gasteiger charge is -2.39. The van der Waals surface area contributed by atoms with Crippen molar-refractivity contribution in [2.75, 3.05) is 26.3 Å². The molecular formula is C23H46N2O7. The van der Waals surface area contributed by atoms with Crippen molar-refractivity contribution in [2.45, 2.75) is 115 Å². The maximum absolute atomic E-state index is 11.8. The van der Waals surface area contributed by atoms with Gasteiger partial charge in [0.15, 0.2) is 6.29 Å². The molecule has 0 radical (unpaired) electrons. The summed E-state index contributed by atoms with van der Waals surface area (Å²) in [5.74, 6) is 0. The van der Waals surface area contributed by atoms with E-state index in [2.05, 4.69) is 17.6 Å². The van der Waals surface area contributed by atoms with Gasteiger partial charge in [0.05, 0.1) is 13.2 Å². The number of urea groups is 1. The third kappa shape index (κ3) is 12.3. The predicted molar refractivity (Wildman–Crippen MR) is 122 cm³/mol. The quantitative estimate of drug-likeness (QED) is 0.171. The van der Waals surface area contributed by atoms with E-state index < -0.39 is 37.3 Å². The first-order chi connectivity index (χ1) is 15.5. The molecule has 32 heavy (non-hydrogen) atoms. The largest absolute Gasteiger partial charge is 0.394 e. The lowest BCUT2D eigenvalue weighted by Crippen LogP contribution is -2.59. The number of carbonyl (C=O) groups excluding carboxylic acids is 1. The molecule has 9 nitrogen and oxygen atoms in total. The number of ether oxygens (including phenoxy) is 2. The highest BCUT2D eigenvalue weighted by Crippen LogP contribution is 2.21. The summed E-state index contributed by atoms with van der Waals surface area (Å²) in [4.78, 5) is 11.8. The molecule has 0 unspecified atom stereocenters. The molecule has 1 rings (SSSR count). The van der Waals surface area contributed by atoms with E-state index in [9.17, 15) is 20.1 Å². The molecule has 1 aliphatic heterocycles. The van der Waals surface area contributed by atoms with Crippen molar-refractivity contribution >= 4 is 6.03 Å². The van der Waals surface area contributed by atoms with Crippen LogP contribution in [0.4, 0.5) is 4.79 Å². The lowest BCUT2D eigenvalue weighted by atomic mass is 9.99. The van der Waals surface area contributed by atoms with Crippen LogP contribution in [0.15, 0.2) is 0 Å². The molecule has 0 aromatic rings. The molecular weight excluding hydrogens is 416 g/mol. The Hall–Kier alpha value is -0.970. The summed E-state index contributed by atoms with van der Waals surface area (Å²) in [6.07, 6.45) is 8.77. The molecule has 0 aromatic carbocycles. The zero-order chi connectivity index (χ0) is 23.6. The number of carbonyl (C=O) groups is 1. The maximum Gasteiger partial charge on any atom is 0.314 e. The van der Waals surface area contributed by atoms with E-state index in [1.807, 2.05) is 0 Å². The standard InChI is InChI=1S/C23H46N2O7/c1-2-3-4-5-6-7-8-9-10-11-12-13-14-24-23(30)25-15-16-31-22-21(29)20(28)19(27)18(17-26)32-22/h18-22,26-29H,2-17H2,1H3,(H2,24,25,30)/t18-,19+,20+,21-,22-/m1/s1. The number of nitrogens with one attached hydrogen (secondary N) is 2. The van der Waals surface area contributed by atoms with Gasteiger partial charge < -0.3 is 40.5 Å². The number of amides is 2. The summed E-state index contributed by atoms with van der Waals surface area (Å²) in [6.45, 7) is 2.60. The molecule has 9 heteroatoms. The minimum Gasteiger partial charge on any atom is -0.394 e. The number of hydrogen-bond donors (Lipinski definition) is 6. The number of aliphatic hydroxyl groups is 4. The first kappa shape index (κ1) is 29.1. The Bertz CT molecular complexity index is 468. The molecule has 1 heterocycles. The fraction of sp³-hybridized carbons (Fsp3) is 0.957. The van der Waals surface area contributed by atoms with Crippen molar-refractivity contribution in [3.63, 3.8) is 0 Å². The minimum absolute atomic E-state index is 0.0503. The molecule has 2 amide bonds. The van der Waals surface area contributed by atoms with Gasteiger partial charge in [-0.15, -0.1) is 0 Å². The van der Waals surface area contributed by atoms with Crippen LogP contribution in [0.25, 0.3) is 0 Å². The molecule has 0 bridgehead atoms. The molecule has 190 valence electrons. The average molecular weight is 463 g/mol. The Balaban J connectivity index is 1.93. The first-order valence-corrected chi connectivity index (χ1v) is 12.4. The fourth-order valence-electron chi connectivity index (χ4n) is 3.78. The highest BCUT2D eigenvalue weighted by Gasteiger charge is 2.43. The molecule has 1 aliphatic rings. The van der Waals surface area contributed by atoms with E-state index in [4.69, 9.17) is 14.6 Å². The van der Waals surface area contributed by atoms with Crippen molar-refractivity contribution in [3.05, 3.63) is 0 Å². The zero-order valence-electron chi connectivity index (χ0n) is 19.7. The Labute approximate surface area is 192 Å². The second-order valence-electron chi connectivity index (χ2n) is 8.64. The van der Waals surface area contributed by atoms with Gasteiger partial charge in [-0.05, 0) is 6.42 Å². The minimum atomic E-state index is -1.47. The summed E-state index contributed by atoms with van der Waals surface area (Å²) in [5, 5.41) is 43.9. The Morgan fingerprint density at radius 2 is 1.31 bits per heavy atom. The molecule has 1 fully saturated rings. The first-order valence-electron chi connectivity index (χ1n) is 12.4. The van der Waals surface area contributed by atoms with Crippen molar-refractivity contribution in [1.82, 2.24) is 10.6 Å². The molecule has 5 atom stereocenters. The number of aliphatic hydroxyl groups excluding tert-OH is 4. The normalized spacial score (nSPS) is 25.6. The molecule has 0 spiro atoms. The van der Waals surface area contributed by atoms with Gasteiger partial charge in [-0.2, -0.15) is 0 Å². The van der Waals surface area contributed by atoms with Crippen LogP contribution in [0.2, 0.25) is 0 Å². The smallest absolute Gasteiger partial charge is 0.314 e. The molecule has 6 N–H and O–H groups in total. The van der Waals surface area contributed by atoms with Crippen LogP contribution in [0.5, 0.6) is 0 Å². The van der Waals surface area contributed by atoms with Gasteiger partial charge in [-0.3, -0.25) is 0 Å². The summed E-state index contributed by atoms with van der Waals surface area (Å²) in [7, 11) is 0. The molecule has 1 saturated heterocycles. The topological polar surface area (TPSA) is 141 Å². The van der Waals surface area contributed by atoms with Gasteiger partial charge in [0, 0.05) is 13.1 Å². The van der Waals surface area contributed by atoms with E-state index in [0.717, 1.165) is 12.8 Å². The van der Waals surface area contributed by atoms with Gasteiger partial charge in [-0.1, -0.05) is 77.6 Å². The van der Waals surface area contributed by atoms with Crippen LogP contribution >= 0.6 is 0 Å².